The molecule has 2 rings (SSSR count). The summed E-state index contributed by atoms with van der Waals surface area (Å²) in [5.41, 5.74) is 0.730. The van der Waals surface area contributed by atoms with Gasteiger partial charge in [0.25, 0.3) is 11.6 Å². The molecule has 0 unspecified atom stereocenters. The first-order valence-corrected chi connectivity index (χ1v) is 6.69. The summed E-state index contributed by atoms with van der Waals surface area (Å²) in [4.78, 5) is 22.5. The minimum absolute atomic E-state index is 0.0452. The zero-order valence-corrected chi connectivity index (χ0v) is 12.5. The molecular weight excluding hydrogens is 343 g/mol. The fraction of sp³-hybridized carbons (Fsp3) is 0.0714. The second kappa shape index (κ2) is 6.01. The molecule has 0 saturated carbocycles. The molecule has 7 heteroatoms. The Morgan fingerprint density at radius 1 is 1.29 bits per heavy atom. The molecule has 0 aliphatic carbocycles. The zero-order chi connectivity index (χ0) is 15.6. The maximum absolute atomic E-state index is 13.0. The van der Waals surface area contributed by atoms with Gasteiger partial charge < -0.3 is 5.32 Å². The van der Waals surface area contributed by atoms with Crippen molar-refractivity contribution in [2.24, 2.45) is 0 Å². The number of carbonyl (C=O) groups excluding carboxylic acids is 1. The number of hydrogen-bond donors (Lipinski definition) is 1. The molecule has 0 atom stereocenters. The first kappa shape index (κ1) is 15.1. The maximum Gasteiger partial charge on any atom is 0.282 e. The molecule has 1 amide bonds. The smallest absolute Gasteiger partial charge is 0.282 e. The molecule has 0 aliphatic rings. The molecule has 0 spiro atoms. The van der Waals surface area contributed by atoms with Crippen molar-refractivity contribution >= 4 is 33.2 Å². The number of amides is 1. The predicted molar refractivity (Wildman–Crippen MR) is 79.9 cm³/mol. The molecule has 2 aromatic carbocycles. The molecule has 21 heavy (non-hydrogen) atoms. The molecule has 108 valence electrons. The lowest BCUT2D eigenvalue weighted by Crippen LogP contribution is -2.14. The summed E-state index contributed by atoms with van der Waals surface area (Å²) in [5.74, 6) is -1.08. The second-order valence-corrected chi connectivity index (χ2v) is 5.21. The van der Waals surface area contributed by atoms with E-state index in [1.165, 1.54) is 30.3 Å². The van der Waals surface area contributed by atoms with Crippen molar-refractivity contribution in [1.29, 1.82) is 0 Å². The quantitative estimate of drug-likeness (QED) is 0.668. The Labute approximate surface area is 128 Å². The maximum atomic E-state index is 13.0. The number of nitro groups is 1. The lowest BCUT2D eigenvalue weighted by molar-refractivity contribution is -0.385. The molecule has 0 radical (unpaired) electrons. The van der Waals surface area contributed by atoms with E-state index >= 15 is 0 Å². The summed E-state index contributed by atoms with van der Waals surface area (Å²) in [6.07, 6.45) is 0. The van der Waals surface area contributed by atoms with Crippen LogP contribution in [0.15, 0.2) is 40.9 Å². The van der Waals surface area contributed by atoms with E-state index < -0.39 is 16.6 Å². The van der Waals surface area contributed by atoms with Crippen molar-refractivity contribution in [2.45, 2.75) is 6.92 Å². The first-order valence-electron chi connectivity index (χ1n) is 5.90. The van der Waals surface area contributed by atoms with Crippen molar-refractivity contribution in [3.8, 4) is 0 Å². The number of nitrogens with one attached hydrogen (secondary N) is 1. The van der Waals surface area contributed by atoms with E-state index in [1.54, 1.807) is 13.0 Å². The van der Waals surface area contributed by atoms with Gasteiger partial charge in [-0.05, 0) is 52.7 Å². The van der Waals surface area contributed by atoms with Crippen LogP contribution in [0.1, 0.15) is 15.9 Å². The Bertz CT molecular complexity index is 734. The topological polar surface area (TPSA) is 72.2 Å². The Morgan fingerprint density at radius 3 is 2.62 bits per heavy atom. The monoisotopic (exact) mass is 352 g/mol. The lowest BCUT2D eigenvalue weighted by Gasteiger charge is -2.08. The van der Waals surface area contributed by atoms with Crippen LogP contribution in [0.4, 0.5) is 15.8 Å². The third kappa shape index (κ3) is 3.43. The van der Waals surface area contributed by atoms with Crippen LogP contribution in [0.2, 0.25) is 0 Å². The van der Waals surface area contributed by atoms with E-state index in [9.17, 15) is 19.3 Å². The highest BCUT2D eigenvalue weighted by Gasteiger charge is 2.20. The third-order valence-corrected chi connectivity index (χ3v) is 3.43. The molecule has 0 heterocycles. The molecule has 0 fully saturated rings. The van der Waals surface area contributed by atoms with Crippen molar-refractivity contribution in [1.82, 2.24) is 0 Å². The molecule has 0 bridgehead atoms. The highest BCUT2D eigenvalue weighted by molar-refractivity contribution is 9.10. The van der Waals surface area contributed by atoms with E-state index in [2.05, 4.69) is 21.2 Å². The fourth-order valence-electron chi connectivity index (χ4n) is 1.77. The van der Waals surface area contributed by atoms with Gasteiger partial charge in [0.2, 0.25) is 0 Å². The number of nitro benzene ring substituents is 1. The van der Waals surface area contributed by atoms with E-state index in [0.29, 0.717) is 10.2 Å². The number of carbonyl (C=O) groups is 1. The van der Waals surface area contributed by atoms with Crippen LogP contribution < -0.4 is 5.32 Å². The van der Waals surface area contributed by atoms with Crippen LogP contribution >= 0.6 is 15.9 Å². The van der Waals surface area contributed by atoms with Crippen molar-refractivity contribution < 1.29 is 14.1 Å². The van der Waals surface area contributed by atoms with Gasteiger partial charge in [0.1, 0.15) is 11.4 Å². The minimum Gasteiger partial charge on any atom is -0.321 e. The Morgan fingerprint density at radius 2 is 2.00 bits per heavy atom. The SMILES string of the molecule is Cc1ccc([N+](=O)[O-])c(C(=O)Nc2ccc(F)cc2Br)c1. The van der Waals surface area contributed by atoms with Crippen molar-refractivity contribution in [3.63, 3.8) is 0 Å². The van der Waals surface area contributed by atoms with Crippen LogP contribution in [0.5, 0.6) is 0 Å². The van der Waals surface area contributed by atoms with Gasteiger partial charge in [-0.2, -0.15) is 0 Å². The van der Waals surface area contributed by atoms with Crippen LogP contribution in [0, 0.1) is 22.9 Å². The van der Waals surface area contributed by atoms with Crippen LogP contribution in [-0.2, 0) is 0 Å². The highest BCUT2D eigenvalue weighted by Crippen LogP contribution is 2.26. The molecule has 5 nitrogen and oxygen atoms in total. The third-order valence-electron chi connectivity index (χ3n) is 2.77. The van der Waals surface area contributed by atoms with E-state index in [4.69, 9.17) is 0 Å². The average Bonchev–Trinajstić information content (AvgIpc) is 2.41. The summed E-state index contributed by atoms with van der Waals surface area (Å²) >= 11 is 3.12. The van der Waals surface area contributed by atoms with Gasteiger partial charge in [0, 0.05) is 10.5 Å². The number of rotatable bonds is 3. The second-order valence-electron chi connectivity index (χ2n) is 4.36. The highest BCUT2D eigenvalue weighted by atomic mass is 79.9. The summed E-state index contributed by atoms with van der Waals surface area (Å²) < 4.78 is 13.4. The predicted octanol–water partition coefficient (Wildman–Crippen LogP) is 4.06. The Hall–Kier alpha value is -2.28. The van der Waals surface area contributed by atoms with Gasteiger partial charge >= 0.3 is 0 Å². The minimum atomic E-state index is -0.627. The van der Waals surface area contributed by atoms with Crippen molar-refractivity contribution in [3.05, 3.63) is 67.9 Å². The average molecular weight is 353 g/mol. The van der Waals surface area contributed by atoms with Gasteiger partial charge in [-0.1, -0.05) is 6.07 Å². The molecule has 0 aromatic heterocycles. The molecule has 1 N–H and O–H groups in total. The van der Waals surface area contributed by atoms with E-state index in [-0.39, 0.29) is 11.3 Å². The summed E-state index contributed by atoms with van der Waals surface area (Å²) in [7, 11) is 0. The van der Waals surface area contributed by atoms with Crippen LogP contribution in [0.3, 0.4) is 0 Å². The number of hydrogen-bond acceptors (Lipinski definition) is 3. The molecule has 0 saturated heterocycles. The van der Waals surface area contributed by atoms with Gasteiger partial charge in [0.05, 0.1) is 10.6 Å². The summed E-state index contributed by atoms with van der Waals surface area (Å²) in [6.45, 7) is 1.73. The van der Waals surface area contributed by atoms with E-state index in [0.717, 1.165) is 5.56 Å². The Kier molecular flexibility index (Phi) is 4.32. The van der Waals surface area contributed by atoms with Crippen molar-refractivity contribution in [2.75, 3.05) is 5.32 Å². The molecule has 2 aromatic rings. The first-order chi connectivity index (χ1) is 9.88. The number of anilines is 1. The van der Waals surface area contributed by atoms with Gasteiger partial charge in [0.15, 0.2) is 0 Å². The zero-order valence-electron chi connectivity index (χ0n) is 10.9. The van der Waals surface area contributed by atoms with Crippen LogP contribution in [0.25, 0.3) is 0 Å². The molecule has 0 aliphatic heterocycles. The van der Waals surface area contributed by atoms with Gasteiger partial charge in [-0.25, -0.2) is 4.39 Å². The largest absolute Gasteiger partial charge is 0.321 e. The fourth-order valence-corrected chi connectivity index (χ4v) is 2.22. The van der Waals surface area contributed by atoms with E-state index in [1.807, 2.05) is 0 Å². The van der Waals surface area contributed by atoms with Crippen LogP contribution in [-0.4, -0.2) is 10.8 Å². The molecular formula is C14H10BrFN2O3. The normalized spacial score (nSPS) is 10.2. The van der Waals surface area contributed by atoms with Gasteiger partial charge in [-0.15, -0.1) is 0 Å². The standard InChI is InChI=1S/C14H10BrFN2O3/c1-8-2-5-13(18(20)21)10(6-8)14(19)17-12-4-3-9(16)7-11(12)15/h2-7H,1H3,(H,17,19). The number of halogens is 2. The van der Waals surface area contributed by atoms with Gasteiger partial charge in [-0.3, -0.25) is 14.9 Å². The lowest BCUT2D eigenvalue weighted by atomic mass is 10.1. The summed E-state index contributed by atoms with van der Waals surface area (Å²) in [6, 6.07) is 8.03. The number of nitrogens with zero attached hydrogens (tertiary/aromatic N) is 1. The Balaban J connectivity index is 2.36. The number of benzene rings is 2. The summed E-state index contributed by atoms with van der Waals surface area (Å²) in [5, 5.41) is 13.5. The number of aryl methyl sites for hydroxylation is 1.